The molecule has 8 nitrogen and oxygen atoms in total. The second-order valence-electron chi connectivity index (χ2n) is 8.72. The maximum Gasteiger partial charge on any atom is 0.230 e. The number of amides is 1. The Morgan fingerprint density at radius 1 is 1.03 bits per heavy atom. The zero-order chi connectivity index (χ0) is 24.7. The Kier molecular flexibility index (Phi) is 8.65. The first kappa shape index (κ1) is 25.2. The van der Waals surface area contributed by atoms with Crippen LogP contribution in [-0.2, 0) is 11.2 Å². The number of carbonyl (C=O) groups is 1. The van der Waals surface area contributed by atoms with Crippen LogP contribution in [0, 0.1) is 6.92 Å². The van der Waals surface area contributed by atoms with E-state index in [9.17, 15) is 4.79 Å². The minimum Gasteiger partial charge on any atom is -0.493 e. The lowest BCUT2D eigenvalue weighted by Crippen LogP contribution is -2.39. The molecule has 0 unspecified atom stereocenters. The van der Waals surface area contributed by atoms with Gasteiger partial charge in [0.15, 0.2) is 11.5 Å². The van der Waals surface area contributed by atoms with Gasteiger partial charge in [0.1, 0.15) is 6.61 Å². The van der Waals surface area contributed by atoms with E-state index in [1.165, 1.54) is 0 Å². The SMILES string of the molecule is COc1ccc(NC(=O)Cc2nn(-c3ccccc3)nc2C)cc1OCCN(C(C)C)C(C)C. The first-order chi connectivity index (χ1) is 16.3. The third-order valence-corrected chi connectivity index (χ3v) is 5.57. The summed E-state index contributed by atoms with van der Waals surface area (Å²) in [7, 11) is 1.60. The molecule has 0 saturated heterocycles. The number of ether oxygens (including phenoxy) is 2. The maximum absolute atomic E-state index is 12.7. The summed E-state index contributed by atoms with van der Waals surface area (Å²) in [6.07, 6.45) is 0.124. The highest BCUT2D eigenvalue weighted by atomic mass is 16.5. The number of aromatic nitrogens is 3. The quantitative estimate of drug-likeness (QED) is 0.456. The van der Waals surface area contributed by atoms with Crippen LogP contribution >= 0.6 is 0 Å². The van der Waals surface area contributed by atoms with Crippen molar-refractivity contribution in [1.82, 2.24) is 19.9 Å². The van der Waals surface area contributed by atoms with Crippen molar-refractivity contribution in [3.8, 4) is 17.2 Å². The lowest BCUT2D eigenvalue weighted by molar-refractivity contribution is -0.115. The van der Waals surface area contributed by atoms with Gasteiger partial charge in [-0.05, 0) is 58.9 Å². The summed E-state index contributed by atoms with van der Waals surface area (Å²) in [6.45, 7) is 11.9. The molecule has 0 aliphatic rings. The smallest absolute Gasteiger partial charge is 0.230 e. The van der Waals surface area contributed by atoms with Gasteiger partial charge < -0.3 is 14.8 Å². The van der Waals surface area contributed by atoms with Crippen molar-refractivity contribution in [1.29, 1.82) is 0 Å². The lowest BCUT2D eigenvalue weighted by atomic mass is 10.2. The van der Waals surface area contributed by atoms with Gasteiger partial charge in [-0.25, -0.2) is 0 Å². The van der Waals surface area contributed by atoms with E-state index in [1.54, 1.807) is 30.1 Å². The number of hydrogen-bond acceptors (Lipinski definition) is 6. The Morgan fingerprint density at radius 2 is 1.74 bits per heavy atom. The average Bonchev–Trinajstić information content (AvgIpc) is 3.17. The van der Waals surface area contributed by atoms with Crippen molar-refractivity contribution in [3.63, 3.8) is 0 Å². The number of anilines is 1. The highest BCUT2D eigenvalue weighted by Gasteiger charge is 2.16. The fourth-order valence-electron chi connectivity index (χ4n) is 3.85. The molecule has 1 aromatic heterocycles. The Hall–Kier alpha value is -3.39. The first-order valence-electron chi connectivity index (χ1n) is 11.6. The minimum atomic E-state index is -0.176. The van der Waals surface area contributed by atoms with Gasteiger partial charge in [0.2, 0.25) is 5.91 Å². The van der Waals surface area contributed by atoms with Crippen LogP contribution in [0.2, 0.25) is 0 Å². The summed E-state index contributed by atoms with van der Waals surface area (Å²) in [4.78, 5) is 16.6. The Balaban J connectivity index is 1.64. The second kappa shape index (κ2) is 11.7. The molecule has 1 N–H and O–H groups in total. The van der Waals surface area contributed by atoms with Gasteiger partial charge in [-0.2, -0.15) is 15.0 Å². The molecule has 34 heavy (non-hydrogen) atoms. The monoisotopic (exact) mass is 465 g/mol. The third-order valence-electron chi connectivity index (χ3n) is 5.57. The second-order valence-corrected chi connectivity index (χ2v) is 8.72. The van der Waals surface area contributed by atoms with Gasteiger partial charge in [0, 0.05) is 30.4 Å². The van der Waals surface area contributed by atoms with Gasteiger partial charge >= 0.3 is 0 Å². The summed E-state index contributed by atoms with van der Waals surface area (Å²) in [6, 6.07) is 15.9. The molecule has 0 atom stereocenters. The standard InChI is InChI=1S/C26H35N5O3/c1-18(2)30(19(3)4)14-15-34-25-16-21(12-13-24(25)33-6)27-26(32)17-23-20(5)28-31(29-23)22-10-8-7-9-11-22/h7-13,16,18-19H,14-15,17H2,1-6H3,(H,27,32). The van der Waals surface area contributed by atoms with E-state index in [4.69, 9.17) is 9.47 Å². The van der Waals surface area contributed by atoms with Gasteiger partial charge in [-0.3, -0.25) is 9.69 Å². The van der Waals surface area contributed by atoms with Crippen LogP contribution in [0.15, 0.2) is 48.5 Å². The Bertz CT molecular complexity index is 1070. The topological polar surface area (TPSA) is 81.5 Å². The number of methoxy groups -OCH3 is 1. The zero-order valence-corrected chi connectivity index (χ0v) is 20.9. The minimum absolute atomic E-state index is 0.124. The summed E-state index contributed by atoms with van der Waals surface area (Å²) in [5, 5.41) is 11.9. The molecule has 1 amide bonds. The Labute approximate surface area is 201 Å². The number of rotatable bonds is 11. The van der Waals surface area contributed by atoms with Gasteiger partial charge in [0.05, 0.1) is 30.6 Å². The molecule has 3 rings (SSSR count). The molecule has 0 radical (unpaired) electrons. The van der Waals surface area contributed by atoms with Crippen LogP contribution in [0.25, 0.3) is 5.69 Å². The molecular weight excluding hydrogens is 430 g/mol. The first-order valence-corrected chi connectivity index (χ1v) is 11.6. The van der Waals surface area contributed by atoms with Gasteiger partial charge in [0.25, 0.3) is 0 Å². The predicted molar refractivity (Wildman–Crippen MR) is 134 cm³/mol. The molecule has 1 heterocycles. The van der Waals surface area contributed by atoms with Crippen LogP contribution in [0.4, 0.5) is 5.69 Å². The summed E-state index contributed by atoms with van der Waals surface area (Å²) in [5.74, 6) is 1.05. The molecule has 3 aromatic rings. The van der Waals surface area contributed by atoms with Crippen LogP contribution in [0.3, 0.4) is 0 Å². The van der Waals surface area contributed by atoms with Crippen molar-refractivity contribution in [2.24, 2.45) is 0 Å². The van der Waals surface area contributed by atoms with Crippen molar-refractivity contribution in [2.75, 3.05) is 25.6 Å². The number of aryl methyl sites for hydroxylation is 1. The number of hydrogen-bond donors (Lipinski definition) is 1. The van der Waals surface area contributed by atoms with E-state index in [0.717, 1.165) is 17.9 Å². The molecule has 0 spiro atoms. The summed E-state index contributed by atoms with van der Waals surface area (Å²) < 4.78 is 11.5. The number of benzene rings is 2. The van der Waals surface area contributed by atoms with E-state index >= 15 is 0 Å². The molecular formula is C26H35N5O3. The molecule has 2 aromatic carbocycles. The summed E-state index contributed by atoms with van der Waals surface area (Å²) >= 11 is 0. The van der Waals surface area contributed by atoms with Crippen LogP contribution in [-0.4, -0.2) is 58.1 Å². The van der Waals surface area contributed by atoms with Crippen molar-refractivity contribution < 1.29 is 14.3 Å². The van der Waals surface area contributed by atoms with Crippen molar-refractivity contribution >= 4 is 11.6 Å². The fourth-order valence-corrected chi connectivity index (χ4v) is 3.85. The van der Waals surface area contributed by atoms with E-state index in [-0.39, 0.29) is 12.3 Å². The highest BCUT2D eigenvalue weighted by Crippen LogP contribution is 2.30. The molecule has 0 aliphatic carbocycles. The van der Waals surface area contributed by atoms with Gasteiger partial charge in [-0.15, -0.1) is 0 Å². The normalized spacial score (nSPS) is 11.3. The highest BCUT2D eigenvalue weighted by molar-refractivity contribution is 5.92. The van der Waals surface area contributed by atoms with E-state index in [1.807, 2.05) is 37.3 Å². The molecule has 0 bridgehead atoms. The molecule has 182 valence electrons. The average molecular weight is 466 g/mol. The number of carbonyl (C=O) groups excluding carboxylic acids is 1. The van der Waals surface area contributed by atoms with Crippen LogP contribution in [0.1, 0.15) is 39.1 Å². The fraction of sp³-hybridized carbons (Fsp3) is 0.423. The molecule has 0 fully saturated rings. The van der Waals surface area contributed by atoms with Crippen LogP contribution < -0.4 is 14.8 Å². The maximum atomic E-state index is 12.7. The van der Waals surface area contributed by atoms with Crippen molar-refractivity contribution in [3.05, 3.63) is 59.9 Å². The molecule has 0 saturated carbocycles. The van der Waals surface area contributed by atoms with Crippen LogP contribution in [0.5, 0.6) is 11.5 Å². The largest absolute Gasteiger partial charge is 0.493 e. The number of nitrogens with one attached hydrogen (secondary N) is 1. The molecule has 0 aliphatic heterocycles. The summed E-state index contributed by atoms with van der Waals surface area (Å²) in [5.41, 5.74) is 2.84. The van der Waals surface area contributed by atoms with Crippen molar-refractivity contribution in [2.45, 2.75) is 53.1 Å². The predicted octanol–water partition coefficient (Wildman–Crippen LogP) is 4.26. The van der Waals surface area contributed by atoms with E-state index in [0.29, 0.717) is 41.6 Å². The van der Waals surface area contributed by atoms with E-state index < -0.39 is 0 Å². The number of para-hydroxylation sites is 1. The third kappa shape index (κ3) is 6.57. The van der Waals surface area contributed by atoms with Gasteiger partial charge in [-0.1, -0.05) is 18.2 Å². The molecule has 8 heteroatoms. The number of nitrogens with zero attached hydrogens (tertiary/aromatic N) is 4. The Morgan fingerprint density at radius 3 is 2.38 bits per heavy atom. The lowest BCUT2D eigenvalue weighted by Gasteiger charge is -2.30. The zero-order valence-electron chi connectivity index (χ0n) is 20.9. The van der Waals surface area contributed by atoms with E-state index in [2.05, 4.69) is 48.1 Å².